The van der Waals surface area contributed by atoms with Crippen molar-refractivity contribution in [3.8, 4) is 5.75 Å². The smallest absolute Gasteiger partial charge is 0.120 e. The Bertz CT molecular complexity index is 435. The summed E-state index contributed by atoms with van der Waals surface area (Å²) in [5.74, 6) is 1.01. The highest BCUT2D eigenvalue weighted by Crippen LogP contribution is 2.51. The quantitative estimate of drug-likeness (QED) is 0.876. The maximum Gasteiger partial charge on any atom is 0.120 e. The Kier molecular flexibility index (Phi) is 3.53. The van der Waals surface area contributed by atoms with Gasteiger partial charge < -0.3 is 10.5 Å². The maximum absolute atomic E-state index is 6.35. The zero-order chi connectivity index (χ0) is 13.3. The highest BCUT2D eigenvalue weighted by Gasteiger charge is 2.54. The molecule has 0 aromatic heterocycles. The van der Waals surface area contributed by atoms with Gasteiger partial charge in [-0.1, -0.05) is 37.8 Å². The van der Waals surface area contributed by atoms with Crippen LogP contribution in [0.25, 0.3) is 0 Å². The van der Waals surface area contributed by atoms with Crippen LogP contribution < -0.4 is 10.5 Å². The zero-order valence-electron chi connectivity index (χ0n) is 11.9. The van der Waals surface area contributed by atoms with E-state index in [-0.39, 0.29) is 5.41 Å². The third-order valence-corrected chi connectivity index (χ3v) is 5.15. The van der Waals surface area contributed by atoms with Crippen LogP contribution in [0.4, 0.5) is 0 Å². The van der Waals surface area contributed by atoms with Crippen molar-refractivity contribution in [2.45, 2.75) is 64.0 Å². The van der Waals surface area contributed by atoms with Gasteiger partial charge in [-0.2, -0.15) is 0 Å². The summed E-state index contributed by atoms with van der Waals surface area (Å²) >= 11 is 0. The number of ether oxygens (including phenoxy) is 1. The molecule has 2 saturated carbocycles. The predicted octanol–water partition coefficient (Wildman–Crippen LogP) is 3.81. The first-order valence-corrected chi connectivity index (χ1v) is 7.70. The molecule has 1 aromatic rings. The summed E-state index contributed by atoms with van der Waals surface area (Å²) < 4.78 is 6.27. The van der Waals surface area contributed by atoms with E-state index in [1.807, 2.05) is 0 Å². The Hall–Kier alpha value is -1.02. The van der Waals surface area contributed by atoms with E-state index >= 15 is 0 Å². The van der Waals surface area contributed by atoms with Crippen LogP contribution in [0.15, 0.2) is 24.3 Å². The molecule has 2 N–H and O–H groups in total. The minimum atomic E-state index is 0.264. The fourth-order valence-corrected chi connectivity index (χ4v) is 3.88. The second kappa shape index (κ2) is 5.16. The van der Waals surface area contributed by atoms with E-state index in [9.17, 15) is 0 Å². The minimum absolute atomic E-state index is 0.264. The molecule has 2 heteroatoms. The summed E-state index contributed by atoms with van der Waals surface area (Å²) in [6.07, 6.45) is 9.24. The van der Waals surface area contributed by atoms with Gasteiger partial charge in [0.15, 0.2) is 0 Å². The SMILES string of the molecule is Cc1cccc(OC2CC(N)C23CCCCCC3)c1. The van der Waals surface area contributed by atoms with Crippen LogP contribution in [-0.4, -0.2) is 12.1 Å². The van der Waals surface area contributed by atoms with Gasteiger partial charge in [0.25, 0.3) is 0 Å². The number of nitrogens with two attached hydrogens (primary N) is 1. The van der Waals surface area contributed by atoms with E-state index in [1.54, 1.807) is 0 Å². The van der Waals surface area contributed by atoms with E-state index in [1.165, 1.54) is 44.1 Å². The standard InChI is InChI=1S/C17H25NO/c1-13-7-6-8-14(11-13)19-16-12-15(18)17(16)9-4-2-3-5-10-17/h6-8,11,15-16H,2-5,9-10,12,18H2,1H3. The molecule has 0 amide bonds. The molecule has 1 aromatic carbocycles. The summed E-state index contributed by atoms with van der Waals surface area (Å²) in [5, 5.41) is 0. The van der Waals surface area contributed by atoms with E-state index < -0.39 is 0 Å². The molecule has 0 bridgehead atoms. The van der Waals surface area contributed by atoms with Crippen LogP contribution in [-0.2, 0) is 0 Å². The number of aryl methyl sites for hydroxylation is 1. The molecular formula is C17H25NO. The highest BCUT2D eigenvalue weighted by molar-refractivity contribution is 5.28. The lowest BCUT2D eigenvalue weighted by molar-refractivity contribution is -0.0770. The summed E-state index contributed by atoms with van der Waals surface area (Å²) in [4.78, 5) is 0. The molecule has 2 aliphatic carbocycles. The van der Waals surface area contributed by atoms with Crippen LogP contribution in [0.3, 0.4) is 0 Å². The summed E-state index contributed by atoms with van der Waals surface area (Å²) in [6, 6.07) is 8.74. The van der Waals surface area contributed by atoms with Gasteiger partial charge in [-0.05, 0) is 37.5 Å². The molecule has 2 nitrogen and oxygen atoms in total. The van der Waals surface area contributed by atoms with Gasteiger partial charge in [-0.15, -0.1) is 0 Å². The first-order valence-electron chi connectivity index (χ1n) is 7.70. The molecule has 2 aliphatic rings. The highest BCUT2D eigenvalue weighted by atomic mass is 16.5. The molecule has 2 fully saturated rings. The molecular weight excluding hydrogens is 234 g/mol. The molecule has 3 rings (SSSR count). The van der Waals surface area contributed by atoms with Gasteiger partial charge in [-0.25, -0.2) is 0 Å². The second-order valence-corrected chi connectivity index (χ2v) is 6.41. The topological polar surface area (TPSA) is 35.2 Å². The third-order valence-electron chi connectivity index (χ3n) is 5.15. The average Bonchev–Trinajstić information content (AvgIpc) is 2.66. The monoisotopic (exact) mass is 259 g/mol. The lowest BCUT2D eigenvalue weighted by Crippen LogP contribution is -2.63. The van der Waals surface area contributed by atoms with Crippen molar-refractivity contribution in [3.63, 3.8) is 0 Å². The third kappa shape index (κ3) is 2.38. The Morgan fingerprint density at radius 2 is 1.89 bits per heavy atom. The lowest BCUT2D eigenvalue weighted by atomic mass is 9.58. The Labute approximate surface area is 116 Å². The molecule has 19 heavy (non-hydrogen) atoms. The van der Waals surface area contributed by atoms with E-state index in [0.717, 1.165) is 12.2 Å². The van der Waals surface area contributed by atoms with E-state index in [4.69, 9.17) is 10.5 Å². The first-order chi connectivity index (χ1) is 9.21. The molecule has 0 radical (unpaired) electrons. The Morgan fingerprint density at radius 3 is 2.53 bits per heavy atom. The van der Waals surface area contributed by atoms with Gasteiger partial charge in [0.1, 0.15) is 11.9 Å². The van der Waals surface area contributed by atoms with Crippen molar-refractivity contribution in [2.24, 2.45) is 11.1 Å². The normalized spacial score (nSPS) is 29.6. The van der Waals surface area contributed by atoms with Crippen LogP contribution in [0, 0.1) is 12.3 Å². The second-order valence-electron chi connectivity index (χ2n) is 6.41. The van der Waals surface area contributed by atoms with Crippen molar-refractivity contribution in [1.82, 2.24) is 0 Å². The van der Waals surface area contributed by atoms with Crippen molar-refractivity contribution in [2.75, 3.05) is 0 Å². The fourth-order valence-electron chi connectivity index (χ4n) is 3.88. The van der Waals surface area contributed by atoms with Crippen LogP contribution >= 0.6 is 0 Å². The lowest BCUT2D eigenvalue weighted by Gasteiger charge is -2.54. The largest absolute Gasteiger partial charge is 0.490 e. The summed E-state index contributed by atoms with van der Waals surface area (Å²) in [5.41, 5.74) is 7.88. The van der Waals surface area contributed by atoms with Crippen LogP contribution in [0.5, 0.6) is 5.75 Å². The van der Waals surface area contributed by atoms with Crippen molar-refractivity contribution >= 4 is 0 Å². The number of benzene rings is 1. The molecule has 0 saturated heterocycles. The van der Waals surface area contributed by atoms with Crippen LogP contribution in [0.2, 0.25) is 0 Å². The van der Waals surface area contributed by atoms with Gasteiger partial charge in [0, 0.05) is 17.9 Å². The van der Waals surface area contributed by atoms with Gasteiger partial charge in [0.2, 0.25) is 0 Å². The predicted molar refractivity (Wildman–Crippen MR) is 78.3 cm³/mol. The average molecular weight is 259 g/mol. The maximum atomic E-state index is 6.35. The van der Waals surface area contributed by atoms with E-state index in [0.29, 0.717) is 12.1 Å². The molecule has 1 spiro atoms. The Morgan fingerprint density at radius 1 is 1.16 bits per heavy atom. The van der Waals surface area contributed by atoms with E-state index in [2.05, 4.69) is 31.2 Å². The number of hydrogen-bond donors (Lipinski definition) is 1. The minimum Gasteiger partial charge on any atom is -0.490 e. The number of rotatable bonds is 2. The molecule has 104 valence electrons. The molecule has 0 aliphatic heterocycles. The summed E-state index contributed by atoms with van der Waals surface area (Å²) in [6.45, 7) is 2.11. The molecule has 2 atom stereocenters. The van der Waals surface area contributed by atoms with Crippen molar-refractivity contribution < 1.29 is 4.74 Å². The first kappa shape index (κ1) is 13.0. The van der Waals surface area contributed by atoms with Gasteiger partial charge in [-0.3, -0.25) is 0 Å². The molecule has 0 heterocycles. The van der Waals surface area contributed by atoms with Gasteiger partial charge >= 0.3 is 0 Å². The summed E-state index contributed by atoms with van der Waals surface area (Å²) in [7, 11) is 0. The van der Waals surface area contributed by atoms with Crippen LogP contribution in [0.1, 0.15) is 50.5 Å². The van der Waals surface area contributed by atoms with Crippen molar-refractivity contribution in [1.29, 1.82) is 0 Å². The number of hydrogen-bond acceptors (Lipinski definition) is 2. The van der Waals surface area contributed by atoms with Crippen molar-refractivity contribution in [3.05, 3.63) is 29.8 Å². The Balaban J connectivity index is 1.74. The zero-order valence-corrected chi connectivity index (χ0v) is 11.9. The molecule has 2 unspecified atom stereocenters. The van der Waals surface area contributed by atoms with Gasteiger partial charge in [0.05, 0.1) is 0 Å². The fraction of sp³-hybridized carbons (Fsp3) is 0.647.